The molecule has 4 rings (SSSR count). The summed E-state index contributed by atoms with van der Waals surface area (Å²) >= 11 is 2.83. The average molecular weight is 430 g/mol. The van der Waals surface area contributed by atoms with Crippen molar-refractivity contribution in [2.45, 2.75) is 19.0 Å². The van der Waals surface area contributed by atoms with Crippen LogP contribution in [-0.4, -0.2) is 33.8 Å². The summed E-state index contributed by atoms with van der Waals surface area (Å²) in [6, 6.07) is 7.95. The minimum atomic E-state index is -0.965. The van der Waals surface area contributed by atoms with Crippen molar-refractivity contribution in [2.24, 2.45) is 0 Å². The maximum Gasteiger partial charge on any atom is 0.325 e. The van der Waals surface area contributed by atoms with Crippen LogP contribution in [0.25, 0.3) is 10.6 Å². The predicted molar refractivity (Wildman–Crippen MR) is 108 cm³/mol. The highest BCUT2D eigenvalue weighted by atomic mass is 32.1. The first kappa shape index (κ1) is 19.2. The molecule has 7 nitrogen and oxygen atoms in total. The number of imide groups is 1. The van der Waals surface area contributed by atoms with E-state index in [4.69, 9.17) is 0 Å². The normalized spacial score (nSPS) is 16.2. The number of thiophene rings is 1. The number of anilines is 1. The van der Waals surface area contributed by atoms with Crippen LogP contribution in [0.15, 0.2) is 47.2 Å². The van der Waals surface area contributed by atoms with Crippen molar-refractivity contribution in [3.05, 3.63) is 58.5 Å². The number of carbonyl (C=O) groups is 3. The number of hydrogen-bond donors (Lipinski definition) is 2. The quantitative estimate of drug-likeness (QED) is 0.586. The molecule has 3 aromatic rings. The molecule has 1 aliphatic heterocycles. The van der Waals surface area contributed by atoms with Gasteiger partial charge in [-0.2, -0.15) is 0 Å². The molecular weight excluding hydrogens is 415 g/mol. The van der Waals surface area contributed by atoms with Gasteiger partial charge in [-0.05, 0) is 29.1 Å². The third-order valence-electron chi connectivity index (χ3n) is 4.25. The summed E-state index contributed by atoms with van der Waals surface area (Å²) in [4.78, 5) is 43.3. The van der Waals surface area contributed by atoms with Crippen LogP contribution in [0, 0.1) is 5.82 Å². The zero-order valence-electron chi connectivity index (χ0n) is 14.9. The zero-order chi connectivity index (χ0) is 20.4. The van der Waals surface area contributed by atoms with Crippen LogP contribution in [0.5, 0.6) is 0 Å². The van der Waals surface area contributed by atoms with Gasteiger partial charge in [-0.3, -0.25) is 14.5 Å². The Hall–Kier alpha value is -3.11. The largest absolute Gasteiger partial charge is 0.325 e. The van der Waals surface area contributed by atoms with Gasteiger partial charge >= 0.3 is 6.03 Å². The Morgan fingerprint density at radius 2 is 2.10 bits per heavy atom. The van der Waals surface area contributed by atoms with E-state index in [9.17, 15) is 18.8 Å². The topological polar surface area (TPSA) is 91.4 Å². The van der Waals surface area contributed by atoms with Crippen molar-refractivity contribution < 1.29 is 18.8 Å². The molecule has 1 atom stereocenters. The number of thiazole rings is 1. The van der Waals surface area contributed by atoms with E-state index >= 15 is 0 Å². The van der Waals surface area contributed by atoms with E-state index in [0.29, 0.717) is 10.7 Å². The van der Waals surface area contributed by atoms with Crippen LogP contribution in [0.1, 0.15) is 12.0 Å². The Bertz CT molecular complexity index is 1070. The van der Waals surface area contributed by atoms with Gasteiger partial charge in [0.25, 0.3) is 5.91 Å². The monoisotopic (exact) mass is 430 g/mol. The number of urea groups is 1. The van der Waals surface area contributed by atoms with Crippen molar-refractivity contribution in [2.75, 3.05) is 5.32 Å². The molecule has 0 unspecified atom stereocenters. The number of rotatable bonds is 6. The van der Waals surface area contributed by atoms with Gasteiger partial charge in [0.15, 0.2) is 5.13 Å². The van der Waals surface area contributed by atoms with E-state index in [0.717, 1.165) is 15.5 Å². The number of amides is 4. The van der Waals surface area contributed by atoms with Gasteiger partial charge in [0.05, 0.1) is 23.5 Å². The highest BCUT2D eigenvalue weighted by Gasteiger charge is 2.39. The number of nitrogens with one attached hydrogen (secondary N) is 2. The van der Waals surface area contributed by atoms with E-state index in [1.807, 2.05) is 22.9 Å². The van der Waals surface area contributed by atoms with Crippen molar-refractivity contribution in [1.29, 1.82) is 0 Å². The first-order valence-electron chi connectivity index (χ1n) is 8.65. The second-order valence-corrected chi connectivity index (χ2v) is 8.13. The highest BCUT2D eigenvalue weighted by Crippen LogP contribution is 2.28. The molecule has 1 aromatic carbocycles. The fourth-order valence-corrected chi connectivity index (χ4v) is 4.39. The number of aromatic nitrogens is 1. The van der Waals surface area contributed by atoms with E-state index in [1.54, 1.807) is 17.4 Å². The van der Waals surface area contributed by atoms with E-state index in [-0.39, 0.29) is 13.0 Å². The molecule has 0 aliphatic carbocycles. The third-order valence-corrected chi connectivity index (χ3v) is 5.90. The van der Waals surface area contributed by atoms with E-state index in [2.05, 4.69) is 15.6 Å². The second kappa shape index (κ2) is 8.10. The summed E-state index contributed by atoms with van der Waals surface area (Å²) in [6.07, 6.45) is -0.210. The molecule has 29 heavy (non-hydrogen) atoms. The van der Waals surface area contributed by atoms with Crippen molar-refractivity contribution in [3.8, 4) is 10.6 Å². The fourth-order valence-electron chi connectivity index (χ4n) is 2.91. The summed E-state index contributed by atoms with van der Waals surface area (Å²) in [5.74, 6) is -1.40. The van der Waals surface area contributed by atoms with Crippen molar-refractivity contribution in [1.82, 2.24) is 15.2 Å². The number of carbonyl (C=O) groups excluding carboxylic acids is 3. The Labute approximate surface area is 173 Å². The van der Waals surface area contributed by atoms with Gasteiger partial charge in [-0.15, -0.1) is 22.7 Å². The lowest BCUT2D eigenvalue weighted by Crippen LogP contribution is -2.34. The predicted octanol–water partition coefficient (Wildman–Crippen LogP) is 3.46. The highest BCUT2D eigenvalue weighted by molar-refractivity contribution is 7.16. The SMILES string of the molecule is O=C(C[C@H]1NC(=O)N(Cc2cccc(F)c2)C1=O)Nc1nc(-c2cccs2)cs1. The Morgan fingerprint density at radius 1 is 1.24 bits per heavy atom. The molecular formula is C19H15FN4O3S2. The number of benzene rings is 1. The van der Waals surface area contributed by atoms with Gasteiger partial charge in [0, 0.05) is 5.38 Å². The smallest absolute Gasteiger partial charge is 0.325 e. The maximum absolute atomic E-state index is 13.3. The molecule has 2 aromatic heterocycles. The Balaban J connectivity index is 1.36. The van der Waals surface area contributed by atoms with Crippen molar-refractivity contribution >= 4 is 45.7 Å². The third kappa shape index (κ3) is 4.33. The number of nitrogens with zero attached hydrogens (tertiary/aromatic N) is 2. The molecule has 10 heteroatoms. The van der Waals surface area contributed by atoms with Gasteiger partial charge in [0.2, 0.25) is 5.91 Å². The minimum Gasteiger partial charge on any atom is -0.325 e. The number of halogens is 1. The molecule has 1 fully saturated rings. The van der Waals surface area contributed by atoms with Crippen LogP contribution in [0.3, 0.4) is 0 Å². The van der Waals surface area contributed by atoms with Crippen LogP contribution in [0.2, 0.25) is 0 Å². The maximum atomic E-state index is 13.3. The van der Waals surface area contributed by atoms with Crippen molar-refractivity contribution in [3.63, 3.8) is 0 Å². The van der Waals surface area contributed by atoms with Gasteiger partial charge in [-0.25, -0.2) is 14.2 Å². The molecule has 0 saturated carbocycles. The minimum absolute atomic E-state index is 0.0583. The van der Waals surface area contributed by atoms with Crippen LogP contribution >= 0.6 is 22.7 Å². The molecule has 148 valence electrons. The van der Waals surface area contributed by atoms with E-state index in [1.165, 1.54) is 29.5 Å². The van der Waals surface area contributed by atoms with Gasteiger partial charge < -0.3 is 10.6 Å². The van der Waals surface area contributed by atoms with Gasteiger partial charge in [-0.1, -0.05) is 18.2 Å². The summed E-state index contributed by atoms with van der Waals surface area (Å²) in [5.41, 5.74) is 1.26. The van der Waals surface area contributed by atoms with Crippen LogP contribution in [0.4, 0.5) is 14.3 Å². The average Bonchev–Trinajstić information content (AvgIpc) is 3.40. The molecule has 2 N–H and O–H groups in total. The zero-order valence-corrected chi connectivity index (χ0v) is 16.6. The van der Waals surface area contributed by atoms with E-state index < -0.39 is 29.7 Å². The lowest BCUT2D eigenvalue weighted by Gasteiger charge is -2.13. The molecule has 0 radical (unpaired) electrons. The first-order chi connectivity index (χ1) is 14.0. The van der Waals surface area contributed by atoms with Crippen LogP contribution < -0.4 is 10.6 Å². The molecule has 1 aliphatic rings. The molecule has 0 spiro atoms. The second-order valence-electron chi connectivity index (χ2n) is 6.32. The van der Waals surface area contributed by atoms with Gasteiger partial charge in [0.1, 0.15) is 11.9 Å². The summed E-state index contributed by atoms with van der Waals surface area (Å²) in [6.45, 7) is -0.0583. The molecule has 4 amide bonds. The molecule has 3 heterocycles. The fraction of sp³-hybridized carbons (Fsp3) is 0.158. The Kier molecular flexibility index (Phi) is 5.36. The van der Waals surface area contributed by atoms with Crippen LogP contribution in [-0.2, 0) is 16.1 Å². The standard InChI is InChI=1S/C19H15FN4O3S2/c20-12-4-1-3-11(7-12)9-24-17(26)13(22-19(24)27)8-16(25)23-18-21-14(10-29-18)15-5-2-6-28-15/h1-7,10,13H,8-9H2,(H,22,27)(H,21,23,25)/t13-/m1/s1. The summed E-state index contributed by atoms with van der Waals surface area (Å²) in [5, 5.41) is 9.36. The lowest BCUT2D eigenvalue weighted by molar-refractivity contribution is -0.130. The molecule has 1 saturated heterocycles. The molecule has 0 bridgehead atoms. The summed E-state index contributed by atoms with van der Waals surface area (Å²) in [7, 11) is 0. The summed E-state index contributed by atoms with van der Waals surface area (Å²) < 4.78 is 13.3. The number of hydrogen-bond acceptors (Lipinski definition) is 6. The Morgan fingerprint density at radius 3 is 2.86 bits per heavy atom. The first-order valence-corrected chi connectivity index (χ1v) is 10.4. The lowest BCUT2D eigenvalue weighted by atomic mass is 10.1.